The Morgan fingerprint density at radius 1 is 0.362 bits per heavy atom. The van der Waals surface area contributed by atoms with Crippen LogP contribution < -0.4 is 4.90 Å². The molecular formula is C54H34N2S2. The van der Waals surface area contributed by atoms with Gasteiger partial charge in [-0.05, 0) is 95.6 Å². The van der Waals surface area contributed by atoms with Gasteiger partial charge in [0.05, 0.1) is 16.7 Å². The summed E-state index contributed by atoms with van der Waals surface area (Å²) in [6.07, 6.45) is 0. The lowest BCUT2D eigenvalue weighted by molar-refractivity contribution is 1.18. The molecule has 3 heterocycles. The average Bonchev–Trinajstić information content (AvgIpc) is 3.97. The largest absolute Gasteiger partial charge is 0.310 e. The molecule has 0 aliphatic heterocycles. The third-order valence-corrected chi connectivity index (χ3v) is 13.8. The minimum Gasteiger partial charge on any atom is -0.310 e. The van der Waals surface area contributed by atoms with Crippen molar-refractivity contribution in [3.05, 3.63) is 206 Å². The van der Waals surface area contributed by atoms with Crippen molar-refractivity contribution in [2.75, 3.05) is 4.90 Å². The van der Waals surface area contributed by atoms with Crippen molar-refractivity contribution in [2.24, 2.45) is 0 Å². The molecule has 0 spiro atoms. The third-order valence-electron chi connectivity index (χ3n) is 11.6. The van der Waals surface area contributed by atoms with Crippen LogP contribution >= 0.6 is 22.7 Å². The van der Waals surface area contributed by atoms with E-state index >= 15 is 0 Å². The lowest BCUT2D eigenvalue weighted by Crippen LogP contribution is -2.10. The van der Waals surface area contributed by atoms with Crippen LogP contribution in [-0.4, -0.2) is 4.57 Å². The summed E-state index contributed by atoms with van der Waals surface area (Å²) in [5, 5.41) is 7.59. The molecule has 0 fully saturated rings. The Bertz CT molecular complexity index is 3500. The molecule has 4 heteroatoms. The van der Waals surface area contributed by atoms with Crippen LogP contribution in [0.4, 0.5) is 17.1 Å². The van der Waals surface area contributed by atoms with Gasteiger partial charge in [0, 0.05) is 73.7 Å². The van der Waals surface area contributed by atoms with E-state index in [9.17, 15) is 0 Å². The number of hydrogen-bond acceptors (Lipinski definition) is 3. The first-order chi connectivity index (χ1) is 28.8. The van der Waals surface area contributed by atoms with Crippen molar-refractivity contribution in [3.8, 4) is 27.9 Å². The zero-order valence-electron chi connectivity index (χ0n) is 31.3. The van der Waals surface area contributed by atoms with Crippen LogP contribution in [0.1, 0.15) is 0 Å². The molecular weight excluding hydrogens is 741 g/mol. The number of thiophene rings is 2. The second-order valence-electron chi connectivity index (χ2n) is 14.9. The summed E-state index contributed by atoms with van der Waals surface area (Å²) in [4.78, 5) is 2.49. The van der Waals surface area contributed by atoms with Crippen LogP contribution in [0.5, 0.6) is 0 Å². The highest BCUT2D eigenvalue weighted by Gasteiger charge is 2.23. The monoisotopic (exact) mass is 774 g/mol. The zero-order valence-corrected chi connectivity index (χ0v) is 33.0. The van der Waals surface area contributed by atoms with Crippen LogP contribution in [0.2, 0.25) is 0 Å². The Balaban J connectivity index is 1.19. The van der Waals surface area contributed by atoms with E-state index in [2.05, 4.69) is 216 Å². The lowest BCUT2D eigenvalue weighted by Gasteiger charge is -2.27. The molecule has 12 rings (SSSR count). The summed E-state index contributed by atoms with van der Waals surface area (Å²) in [6.45, 7) is 0. The first kappa shape index (κ1) is 33.2. The smallest absolute Gasteiger partial charge is 0.0619 e. The first-order valence-corrected chi connectivity index (χ1v) is 21.3. The molecule has 0 amide bonds. The Morgan fingerprint density at radius 3 is 1.76 bits per heavy atom. The van der Waals surface area contributed by atoms with Crippen molar-refractivity contribution in [3.63, 3.8) is 0 Å². The molecule has 0 unspecified atom stereocenters. The molecule has 0 bridgehead atoms. The molecule has 58 heavy (non-hydrogen) atoms. The van der Waals surface area contributed by atoms with Crippen LogP contribution in [-0.2, 0) is 0 Å². The second kappa shape index (κ2) is 13.3. The number of para-hydroxylation sites is 1. The number of aromatic nitrogens is 1. The predicted octanol–water partition coefficient (Wildman–Crippen LogP) is 16.3. The summed E-state index contributed by atoms with van der Waals surface area (Å²) >= 11 is 3.73. The van der Waals surface area contributed by atoms with Crippen LogP contribution in [0.15, 0.2) is 206 Å². The number of fused-ring (bicyclic) bond motifs is 9. The minimum absolute atomic E-state index is 1.11. The third kappa shape index (κ3) is 5.23. The van der Waals surface area contributed by atoms with Gasteiger partial charge in [0.25, 0.3) is 0 Å². The predicted molar refractivity (Wildman–Crippen MR) is 252 cm³/mol. The van der Waals surface area contributed by atoms with E-state index in [0.29, 0.717) is 0 Å². The van der Waals surface area contributed by atoms with E-state index in [4.69, 9.17) is 0 Å². The molecule has 9 aromatic carbocycles. The number of anilines is 3. The highest BCUT2D eigenvalue weighted by atomic mass is 32.1. The fraction of sp³-hybridized carbons (Fsp3) is 0. The molecule has 0 aliphatic rings. The maximum Gasteiger partial charge on any atom is 0.0619 e. The Kier molecular flexibility index (Phi) is 7.62. The number of rotatable bonds is 6. The van der Waals surface area contributed by atoms with Gasteiger partial charge in [-0.15, -0.1) is 22.7 Å². The fourth-order valence-corrected chi connectivity index (χ4v) is 11.2. The highest BCUT2D eigenvalue weighted by Crippen LogP contribution is 2.48. The fourth-order valence-electron chi connectivity index (χ4n) is 8.98. The van der Waals surface area contributed by atoms with Gasteiger partial charge in [-0.1, -0.05) is 127 Å². The molecule has 0 aliphatic carbocycles. The molecule has 0 saturated carbocycles. The van der Waals surface area contributed by atoms with Crippen molar-refractivity contribution in [1.29, 1.82) is 0 Å². The Hall–Kier alpha value is -6.98. The van der Waals surface area contributed by atoms with Gasteiger partial charge in [0.1, 0.15) is 0 Å². The molecule has 0 saturated heterocycles. The SMILES string of the molecule is c1ccc(-c2cc(-c3ccccc3)c3c(c2)c2ccc(N(c4ccc5sc6ccccc6c5c4)c4cccc5sc6ccccc6c45)cc2n3-c2ccccc2)cc1. The summed E-state index contributed by atoms with van der Waals surface area (Å²) in [7, 11) is 0. The highest BCUT2D eigenvalue weighted by molar-refractivity contribution is 7.26. The van der Waals surface area contributed by atoms with E-state index in [0.717, 1.165) is 22.6 Å². The van der Waals surface area contributed by atoms with Gasteiger partial charge < -0.3 is 9.47 Å². The van der Waals surface area contributed by atoms with E-state index in [1.807, 2.05) is 22.7 Å². The van der Waals surface area contributed by atoms with Gasteiger partial charge in [0.15, 0.2) is 0 Å². The number of nitrogens with zero attached hydrogens (tertiary/aromatic N) is 2. The zero-order chi connectivity index (χ0) is 38.2. The minimum atomic E-state index is 1.11. The summed E-state index contributed by atoms with van der Waals surface area (Å²) < 4.78 is 7.67. The van der Waals surface area contributed by atoms with Gasteiger partial charge >= 0.3 is 0 Å². The van der Waals surface area contributed by atoms with Crippen molar-refractivity contribution >= 4 is 102 Å². The van der Waals surface area contributed by atoms with E-state index in [1.54, 1.807) is 0 Å². The molecule has 0 N–H and O–H groups in total. The lowest BCUT2D eigenvalue weighted by atomic mass is 9.95. The topological polar surface area (TPSA) is 8.17 Å². The molecule has 2 nitrogen and oxygen atoms in total. The molecule has 0 atom stereocenters. The van der Waals surface area contributed by atoms with E-state index < -0.39 is 0 Å². The van der Waals surface area contributed by atoms with Gasteiger partial charge in [-0.3, -0.25) is 0 Å². The van der Waals surface area contributed by atoms with Crippen LogP contribution in [0.3, 0.4) is 0 Å². The van der Waals surface area contributed by atoms with Crippen LogP contribution in [0, 0.1) is 0 Å². The molecule has 12 aromatic rings. The van der Waals surface area contributed by atoms with Crippen LogP contribution in [0.25, 0.3) is 90.1 Å². The summed E-state index contributed by atoms with van der Waals surface area (Å²) in [5.74, 6) is 0. The standard InChI is InChI=1S/C54H34N2S2/c1-4-15-35(16-5-1)37-31-44(36-17-6-2-7-18-36)54-46(32-37)41-29-27-40(34-48(41)56(54)38-19-8-3-9-20-38)55(39-28-30-51-45(33-39)42-21-10-12-24-49(42)57-51)47-23-14-26-52-53(47)43-22-11-13-25-50(43)58-52/h1-34H. The normalized spacial score (nSPS) is 11.8. The first-order valence-electron chi connectivity index (χ1n) is 19.7. The van der Waals surface area contributed by atoms with E-state index in [1.165, 1.54) is 84.6 Å². The molecule has 3 aromatic heterocycles. The number of hydrogen-bond donors (Lipinski definition) is 0. The van der Waals surface area contributed by atoms with Crippen molar-refractivity contribution < 1.29 is 0 Å². The average molecular weight is 775 g/mol. The molecule has 0 radical (unpaired) electrons. The van der Waals surface area contributed by atoms with E-state index in [-0.39, 0.29) is 0 Å². The molecule has 272 valence electrons. The Labute approximate surface area is 343 Å². The maximum atomic E-state index is 2.49. The Morgan fingerprint density at radius 2 is 0.966 bits per heavy atom. The summed E-state index contributed by atoms with van der Waals surface area (Å²) in [6, 6.07) is 75.8. The quantitative estimate of drug-likeness (QED) is 0.163. The second-order valence-corrected chi connectivity index (χ2v) is 17.1. The number of benzene rings is 9. The van der Waals surface area contributed by atoms with Crippen molar-refractivity contribution in [1.82, 2.24) is 4.57 Å². The summed E-state index contributed by atoms with van der Waals surface area (Å²) in [5.41, 5.74) is 11.7. The maximum absolute atomic E-state index is 2.49. The van der Waals surface area contributed by atoms with Gasteiger partial charge in [0.2, 0.25) is 0 Å². The van der Waals surface area contributed by atoms with Crippen molar-refractivity contribution in [2.45, 2.75) is 0 Å². The van der Waals surface area contributed by atoms with Gasteiger partial charge in [-0.2, -0.15) is 0 Å². The van der Waals surface area contributed by atoms with Gasteiger partial charge in [-0.25, -0.2) is 0 Å².